The van der Waals surface area contributed by atoms with Crippen molar-refractivity contribution in [1.82, 2.24) is 10.6 Å². The van der Waals surface area contributed by atoms with E-state index in [-0.39, 0.29) is 5.54 Å². The SMILES string of the molecule is CCCCC1(Cc2ccccc2)NC(=S)NC1=S. The molecule has 1 heterocycles. The van der Waals surface area contributed by atoms with Crippen LogP contribution in [0.1, 0.15) is 31.7 Å². The van der Waals surface area contributed by atoms with Crippen LogP contribution in [-0.2, 0) is 6.42 Å². The molecule has 0 aliphatic carbocycles. The quantitative estimate of drug-likeness (QED) is 0.809. The van der Waals surface area contributed by atoms with Crippen LogP contribution in [0.3, 0.4) is 0 Å². The van der Waals surface area contributed by atoms with Gasteiger partial charge < -0.3 is 10.6 Å². The Morgan fingerprint density at radius 3 is 2.44 bits per heavy atom. The van der Waals surface area contributed by atoms with Crippen LogP contribution in [0.15, 0.2) is 30.3 Å². The zero-order valence-electron chi connectivity index (χ0n) is 10.5. The van der Waals surface area contributed by atoms with Gasteiger partial charge in [-0.15, -0.1) is 0 Å². The van der Waals surface area contributed by atoms with Crippen molar-refractivity contribution < 1.29 is 0 Å². The van der Waals surface area contributed by atoms with Gasteiger partial charge in [-0.05, 0) is 24.2 Å². The fourth-order valence-electron chi connectivity index (χ4n) is 2.34. The van der Waals surface area contributed by atoms with E-state index in [1.54, 1.807) is 0 Å². The summed E-state index contributed by atoms with van der Waals surface area (Å²) < 4.78 is 0. The lowest BCUT2D eigenvalue weighted by Gasteiger charge is -2.28. The zero-order valence-corrected chi connectivity index (χ0v) is 12.2. The van der Waals surface area contributed by atoms with Gasteiger partial charge in [-0.25, -0.2) is 0 Å². The van der Waals surface area contributed by atoms with E-state index in [2.05, 4.69) is 41.8 Å². The molecule has 1 aliphatic heterocycles. The highest BCUT2D eigenvalue weighted by atomic mass is 32.1. The van der Waals surface area contributed by atoms with Crippen LogP contribution in [0, 0.1) is 0 Å². The van der Waals surface area contributed by atoms with Crippen molar-refractivity contribution in [3.05, 3.63) is 35.9 Å². The summed E-state index contributed by atoms with van der Waals surface area (Å²) in [7, 11) is 0. The summed E-state index contributed by atoms with van der Waals surface area (Å²) in [5.41, 5.74) is 1.10. The first-order valence-corrected chi connectivity index (χ1v) is 7.15. The van der Waals surface area contributed by atoms with Gasteiger partial charge in [-0.2, -0.15) is 0 Å². The first kappa shape index (κ1) is 13.4. The molecule has 1 aliphatic rings. The number of unbranched alkanes of at least 4 members (excludes halogenated alkanes) is 1. The molecule has 1 fully saturated rings. The first-order chi connectivity index (χ1) is 8.66. The van der Waals surface area contributed by atoms with Crippen molar-refractivity contribution in [2.75, 3.05) is 0 Å². The number of rotatable bonds is 5. The molecule has 4 heteroatoms. The van der Waals surface area contributed by atoms with Crippen LogP contribution in [0.25, 0.3) is 0 Å². The maximum Gasteiger partial charge on any atom is 0.172 e. The normalized spacial score (nSPS) is 22.7. The monoisotopic (exact) mass is 278 g/mol. The summed E-state index contributed by atoms with van der Waals surface area (Å²) >= 11 is 10.7. The molecule has 96 valence electrons. The smallest absolute Gasteiger partial charge is 0.172 e. The number of hydrogen-bond donors (Lipinski definition) is 2. The van der Waals surface area contributed by atoms with Crippen LogP contribution in [0.4, 0.5) is 0 Å². The van der Waals surface area contributed by atoms with Gasteiger partial charge >= 0.3 is 0 Å². The molecule has 0 saturated carbocycles. The molecule has 1 unspecified atom stereocenters. The Hall–Kier alpha value is -1.000. The molecular weight excluding hydrogens is 260 g/mol. The molecule has 1 aromatic carbocycles. The molecule has 2 rings (SSSR count). The average molecular weight is 278 g/mol. The van der Waals surface area contributed by atoms with E-state index in [1.807, 2.05) is 6.07 Å². The highest BCUT2D eigenvalue weighted by Crippen LogP contribution is 2.24. The van der Waals surface area contributed by atoms with E-state index in [4.69, 9.17) is 24.4 Å². The van der Waals surface area contributed by atoms with Crippen molar-refractivity contribution in [1.29, 1.82) is 0 Å². The van der Waals surface area contributed by atoms with E-state index in [0.717, 1.165) is 30.7 Å². The Morgan fingerprint density at radius 1 is 1.17 bits per heavy atom. The van der Waals surface area contributed by atoms with Crippen LogP contribution >= 0.6 is 24.4 Å². The van der Waals surface area contributed by atoms with Gasteiger partial charge in [0.05, 0.1) is 5.54 Å². The Labute approximate surface area is 119 Å². The lowest BCUT2D eigenvalue weighted by molar-refractivity contribution is 0.464. The van der Waals surface area contributed by atoms with Crippen molar-refractivity contribution in [3.63, 3.8) is 0 Å². The molecule has 0 radical (unpaired) electrons. The minimum absolute atomic E-state index is 0.191. The lowest BCUT2D eigenvalue weighted by Crippen LogP contribution is -2.48. The van der Waals surface area contributed by atoms with E-state index < -0.39 is 0 Å². The van der Waals surface area contributed by atoms with Crippen molar-refractivity contribution in [3.8, 4) is 0 Å². The van der Waals surface area contributed by atoms with Gasteiger partial charge in [0.1, 0.15) is 4.99 Å². The molecule has 1 atom stereocenters. The second kappa shape index (κ2) is 5.76. The van der Waals surface area contributed by atoms with E-state index >= 15 is 0 Å². The maximum atomic E-state index is 5.48. The largest absolute Gasteiger partial charge is 0.350 e. The van der Waals surface area contributed by atoms with Crippen molar-refractivity contribution >= 4 is 34.5 Å². The summed E-state index contributed by atoms with van der Waals surface area (Å²) in [6.45, 7) is 2.19. The Bertz CT molecular complexity index is 444. The fraction of sp³-hybridized carbons (Fsp3) is 0.429. The van der Waals surface area contributed by atoms with Gasteiger partial charge in [-0.3, -0.25) is 0 Å². The molecule has 1 saturated heterocycles. The second-order valence-electron chi connectivity index (χ2n) is 4.76. The predicted octanol–water partition coefficient (Wildman–Crippen LogP) is 2.96. The first-order valence-electron chi connectivity index (χ1n) is 6.34. The van der Waals surface area contributed by atoms with E-state index in [0.29, 0.717) is 5.11 Å². The molecule has 2 N–H and O–H groups in total. The standard InChI is InChI=1S/C14H18N2S2/c1-2-3-9-14(12(17)15-13(18)16-14)10-11-7-5-4-6-8-11/h4-8H,2-3,9-10H2,1H3,(H2,15,16,17,18). The molecule has 0 aromatic heterocycles. The number of thiocarbonyl (C=S) groups is 2. The van der Waals surface area contributed by atoms with Gasteiger partial charge in [-0.1, -0.05) is 62.3 Å². The minimum Gasteiger partial charge on any atom is -0.350 e. The molecule has 2 nitrogen and oxygen atoms in total. The van der Waals surface area contributed by atoms with Crippen LogP contribution in [0.2, 0.25) is 0 Å². The molecule has 0 spiro atoms. The Kier molecular flexibility index (Phi) is 4.30. The molecule has 0 amide bonds. The van der Waals surface area contributed by atoms with Gasteiger partial charge in [0.2, 0.25) is 0 Å². The summed E-state index contributed by atoms with van der Waals surface area (Å²) in [5.74, 6) is 0. The zero-order chi connectivity index (χ0) is 13.0. The van der Waals surface area contributed by atoms with Gasteiger partial charge in [0.25, 0.3) is 0 Å². The fourth-order valence-corrected chi connectivity index (χ4v) is 3.03. The summed E-state index contributed by atoms with van der Waals surface area (Å²) in [4.78, 5) is 0.838. The summed E-state index contributed by atoms with van der Waals surface area (Å²) in [6.07, 6.45) is 4.21. The van der Waals surface area contributed by atoms with E-state index in [1.165, 1.54) is 5.56 Å². The molecule has 18 heavy (non-hydrogen) atoms. The van der Waals surface area contributed by atoms with Crippen LogP contribution < -0.4 is 10.6 Å². The summed E-state index contributed by atoms with van der Waals surface area (Å²) in [6, 6.07) is 10.4. The molecular formula is C14H18N2S2. The van der Waals surface area contributed by atoms with Crippen molar-refractivity contribution in [2.24, 2.45) is 0 Å². The van der Waals surface area contributed by atoms with E-state index in [9.17, 15) is 0 Å². The predicted molar refractivity (Wildman–Crippen MR) is 83.9 cm³/mol. The van der Waals surface area contributed by atoms with Crippen molar-refractivity contribution in [2.45, 2.75) is 38.1 Å². The number of nitrogens with one attached hydrogen (secondary N) is 2. The third-order valence-electron chi connectivity index (χ3n) is 3.32. The topological polar surface area (TPSA) is 24.1 Å². The molecule has 0 bridgehead atoms. The third-order valence-corrected chi connectivity index (χ3v) is 4.02. The highest BCUT2D eigenvalue weighted by molar-refractivity contribution is 7.82. The third kappa shape index (κ3) is 2.87. The second-order valence-corrected chi connectivity index (χ2v) is 5.57. The highest BCUT2D eigenvalue weighted by Gasteiger charge is 2.40. The maximum absolute atomic E-state index is 5.48. The number of hydrogen-bond acceptors (Lipinski definition) is 2. The van der Waals surface area contributed by atoms with Crippen LogP contribution in [-0.4, -0.2) is 15.6 Å². The van der Waals surface area contributed by atoms with Gasteiger partial charge in [0, 0.05) is 6.42 Å². The van der Waals surface area contributed by atoms with Crippen LogP contribution in [0.5, 0.6) is 0 Å². The Balaban J connectivity index is 2.20. The lowest BCUT2D eigenvalue weighted by atomic mass is 9.86. The molecule has 1 aromatic rings. The number of benzene rings is 1. The summed E-state index contributed by atoms with van der Waals surface area (Å²) in [5, 5.41) is 7.13. The average Bonchev–Trinajstić information content (AvgIpc) is 2.63. The Morgan fingerprint density at radius 2 is 1.89 bits per heavy atom. The minimum atomic E-state index is -0.191. The van der Waals surface area contributed by atoms with Gasteiger partial charge in [0.15, 0.2) is 5.11 Å².